The topological polar surface area (TPSA) is 70.8 Å². The minimum atomic E-state index is 0.576. The third-order valence-corrected chi connectivity index (χ3v) is 3.09. The first kappa shape index (κ1) is 14.8. The fourth-order valence-corrected chi connectivity index (χ4v) is 2.00. The van der Waals surface area contributed by atoms with E-state index in [1.165, 1.54) is 0 Å². The lowest BCUT2D eigenvalue weighted by atomic mass is 10.0. The Balaban J connectivity index is 2.52. The van der Waals surface area contributed by atoms with E-state index in [1.54, 1.807) is 31.5 Å². The lowest BCUT2D eigenvalue weighted by Gasteiger charge is -2.12. The first-order chi connectivity index (χ1) is 10.2. The number of methoxy groups -OCH3 is 1. The van der Waals surface area contributed by atoms with E-state index in [1.807, 2.05) is 6.92 Å². The quantitative estimate of drug-likeness (QED) is 0.912. The van der Waals surface area contributed by atoms with Crippen LogP contribution in [0, 0.1) is 18.3 Å². The van der Waals surface area contributed by atoms with Crippen LogP contribution in [0.15, 0.2) is 24.4 Å². The molecular weight excluding hydrogens is 264 g/mol. The van der Waals surface area contributed by atoms with Crippen LogP contribution in [0.25, 0.3) is 11.3 Å². The van der Waals surface area contributed by atoms with Crippen molar-refractivity contribution in [1.29, 1.82) is 5.26 Å². The Morgan fingerprint density at radius 1 is 1.38 bits per heavy atom. The molecule has 108 valence electrons. The first-order valence-electron chi connectivity index (χ1n) is 6.85. The summed E-state index contributed by atoms with van der Waals surface area (Å²) in [6, 6.07) is 7.45. The highest BCUT2D eigenvalue weighted by molar-refractivity contribution is 5.72. The highest BCUT2D eigenvalue weighted by Gasteiger charge is 2.12. The van der Waals surface area contributed by atoms with E-state index in [0.717, 1.165) is 29.8 Å². The number of aromatic nitrogens is 2. The van der Waals surface area contributed by atoms with Crippen LogP contribution < -0.4 is 10.1 Å². The molecule has 1 N–H and O–H groups in total. The first-order valence-corrected chi connectivity index (χ1v) is 6.85. The fourth-order valence-electron chi connectivity index (χ4n) is 2.00. The van der Waals surface area contributed by atoms with E-state index in [4.69, 9.17) is 10.00 Å². The van der Waals surface area contributed by atoms with Crippen LogP contribution in [-0.2, 0) is 0 Å². The lowest BCUT2D eigenvalue weighted by Crippen LogP contribution is -2.06. The molecule has 2 aromatic rings. The smallest absolute Gasteiger partial charge is 0.223 e. The van der Waals surface area contributed by atoms with E-state index in [2.05, 4.69) is 28.3 Å². The molecule has 0 bridgehead atoms. The van der Waals surface area contributed by atoms with Crippen LogP contribution in [0.2, 0.25) is 0 Å². The van der Waals surface area contributed by atoms with Crippen LogP contribution >= 0.6 is 0 Å². The normalized spacial score (nSPS) is 10.0. The molecule has 0 saturated heterocycles. The maximum absolute atomic E-state index is 9.08. The predicted octanol–water partition coefficient (Wildman–Crippen LogP) is 3.15. The average molecular weight is 282 g/mol. The van der Waals surface area contributed by atoms with Crippen molar-refractivity contribution < 1.29 is 4.74 Å². The number of aryl methyl sites for hydroxylation is 1. The number of hydrogen-bond donors (Lipinski definition) is 1. The van der Waals surface area contributed by atoms with E-state index in [0.29, 0.717) is 17.3 Å². The zero-order valence-electron chi connectivity index (χ0n) is 12.5. The van der Waals surface area contributed by atoms with Gasteiger partial charge in [-0.1, -0.05) is 6.92 Å². The highest BCUT2D eigenvalue weighted by Crippen LogP contribution is 2.31. The van der Waals surface area contributed by atoms with Crippen LogP contribution in [0.3, 0.4) is 0 Å². The van der Waals surface area contributed by atoms with Gasteiger partial charge in [-0.2, -0.15) is 5.26 Å². The molecular formula is C16H18N4O. The van der Waals surface area contributed by atoms with Crippen molar-refractivity contribution in [2.75, 3.05) is 19.0 Å². The highest BCUT2D eigenvalue weighted by atomic mass is 16.5. The Morgan fingerprint density at radius 3 is 2.86 bits per heavy atom. The number of rotatable bonds is 5. The molecule has 0 unspecified atom stereocenters. The SMILES string of the molecule is CCCNc1ncc(C)c(-c2cc(C#N)ccc2OC)n1. The molecule has 0 aliphatic heterocycles. The van der Waals surface area contributed by atoms with Gasteiger partial charge in [0, 0.05) is 18.3 Å². The number of ether oxygens (including phenoxy) is 1. The third kappa shape index (κ3) is 3.29. The number of hydrogen-bond acceptors (Lipinski definition) is 5. The minimum absolute atomic E-state index is 0.576. The molecule has 0 amide bonds. The largest absolute Gasteiger partial charge is 0.496 e. The summed E-state index contributed by atoms with van der Waals surface area (Å²) < 4.78 is 5.39. The van der Waals surface area contributed by atoms with Crippen molar-refractivity contribution >= 4 is 5.95 Å². The number of nitrogens with zero attached hydrogens (tertiary/aromatic N) is 3. The van der Waals surface area contributed by atoms with E-state index >= 15 is 0 Å². The van der Waals surface area contributed by atoms with Crippen molar-refractivity contribution in [3.05, 3.63) is 35.5 Å². The lowest BCUT2D eigenvalue weighted by molar-refractivity contribution is 0.416. The summed E-state index contributed by atoms with van der Waals surface area (Å²) >= 11 is 0. The fraction of sp³-hybridized carbons (Fsp3) is 0.312. The molecule has 21 heavy (non-hydrogen) atoms. The molecule has 5 nitrogen and oxygen atoms in total. The summed E-state index contributed by atoms with van der Waals surface area (Å²) in [5, 5.41) is 12.2. The molecule has 0 saturated carbocycles. The van der Waals surface area contributed by atoms with Gasteiger partial charge in [-0.15, -0.1) is 0 Å². The molecule has 0 aliphatic rings. The summed E-state index contributed by atoms with van der Waals surface area (Å²) in [5.41, 5.74) is 3.09. The Morgan fingerprint density at radius 2 is 2.19 bits per heavy atom. The van der Waals surface area contributed by atoms with Gasteiger partial charge in [-0.05, 0) is 37.1 Å². The molecule has 5 heteroatoms. The van der Waals surface area contributed by atoms with E-state index in [-0.39, 0.29) is 0 Å². The molecule has 1 aromatic heterocycles. The summed E-state index contributed by atoms with van der Waals surface area (Å²) in [6.45, 7) is 4.84. The molecule has 0 aliphatic carbocycles. The van der Waals surface area contributed by atoms with Crippen LogP contribution in [0.4, 0.5) is 5.95 Å². The van der Waals surface area contributed by atoms with Gasteiger partial charge >= 0.3 is 0 Å². The van der Waals surface area contributed by atoms with Crippen LogP contribution in [-0.4, -0.2) is 23.6 Å². The summed E-state index contributed by atoms with van der Waals surface area (Å²) in [6.07, 6.45) is 2.78. The minimum Gasteiger partial charge on any atom is -0.496 e. The van der Waals surface area contributed by atoms with Crippen LogP contribution in [0.1, 0.15) is 24.5 Å². The number of anilines is 1. The van der Waals surface area contributed by atoms with Crippen molar-refractivity contribution in [3.8, 4) is 23.1 Å². The molecule has 1 heterocycles. The maximum Gasteiger partial charge on any atom is 0.223 e. The van der Waals surface area contributed by atoms with Crippen LogP contribution in [0.5, 0.6) is 5.75 Å². The second-order valence-electron chi connectivity index (χ2n) is 4.68. The predicted molar refractivity (Wildman–Crippen MR) is 82.3 cm³/mol. The Labute approximate surface area is 124 Å². The standard InChI is InChI=1S/C16H18N4O/c1-4-7-18-16-19-10-11(2)15(20-16)13-8-12(9-17)5-6-14(13)21-3/h5-6,8,10H,4,7H2,1-3H3,(H,18,19,20). The van der Waals surface area contributed by atoms with Crippen molar-refractivity contribution in [2.45, 2.75) is 20.3 Å². The number of nitriles is 1. The Kier molecular flexibility index (Phi) is 4.72. The molecule has 0 radical (unpaired) electrons. The molecule has 2 rings (SSSR count). The van der Waals surface area contributed by atoms with Gasteiger partial charge in [0.1, 0.15) is 5.75 Å². The number of nitrogens with one attached hydrogen (secondary N) is 1. The van der Waals surface area contributed by atoms with Crippen molar-refractivity contribution in [3.63, 3.8) is 0 Å². The van der Waals surface area contributed by atoms with Gasteiger partial charge in [-0.3, -0.25) is 0 Å². The van der Waals surface area contributed by atoms with E-state index in [9.17, 15) is 0 Å². The summed E-state index contributed by atoms with van der Waals surface area (Å²) in [7, 11) is 1.61. The molecule has 0 fully saturated rings. The molecule has 1 aromatic carbocycles. The summed E-state index contributed by atoms with van der Waals surface area (Å²) in [5.74, 6) is 1.28. The van der Waals surface area contributed by atoms with Gasteiger partial charge in [0.05, 0.1) is 24.4 Å². The van der Waals surface area contributed by atoms with E-state index < -0.39 is 0 Å². The third-order valence-electron chi connectivity index (χ3n) is 3.09. The van der Waals surface area contributed by atoms with Gasteiger partial charge in [0.25, 0.3) is 0 Å². The second kappa shape index (κ2) is 6.71. The second-order valence-corrected chi connectivity index (χ2v) is 4.68. The number of benzene rings is 1. The molecule has 0 spiro atoms. The van der Waals surface area contributed by atoms with Gasteiger partial charge in [0.15, 0.2) is 0 Å². The monoisotopic (exact) mass is 282 g/mol. The van der Waals surface area contributed by atoms with Crippen molar-refractivity contribution in [1.82, 2.24) is 9.97 Å². The van der Waals surface area contributed by atoms with Gasteiger partial charge < -0.3 is 10.1 Å². The summed E-state index contributed by atoms with van der Waals surface area (Å²) in [4.78, 5) is 8.82. The van der Waals surface area contributed by atoms with Gasteiger partial charge in [0.2, 0.25) is 5.95 Å². The van der Waals surface area contributed by atoms with Gasteiger partial charge in [-0.25, -0.2) is 9.97 Å². The Hall–Kier alpha value is -2.61. The Bertz CT molecular complexity index is 676. The molecule has 0 atom stereocenters. The average Bonchev–Trinajstić information content (AvgIpc) is 2.53. The van der Waals surface area contributed by atoms with Crippen molar-refractivity contribution in [2.24, 2.45) is 0 Å². The zero-order valence-corrected chi connectivity index (χ0v) is 12.5. The zero-order chi connectivity index (χ0) is 15.2. The maximum atomic E-state index is 9.08.